The number of piperidine rings is 1. The van der Waals surface area contributed by atoms with E-state index < -0.39 is 0 Å². The lowest BCUT2D eigenvalue weighted by Crippen LogP contribution is -2.38. The molecule has 4 rings (SSSR count). The van der Waals surface area contributed by atoms with Gasteiger partial charge in [-0.2, -0.15) is 0 Å². The summed E-state index contributed by atoms with van der Waals surface area (Å²) in [5.41, 5.74) is 3.04. The molecule has 1 atom stereocenters. The van der Waals surface area contributed by atoms with Gasteiger partial charge in [0.2, 0.25) is 0 Å². The summed E-state index contributed by atoms with van der Waals surface area (Å²) >= 11 is 0. The second-order valence-electron chi connectivity index (χ2n) is 7.39. The van der Waals surface area contributed by atoms with Crippen molar-refractivity contribution in [3.8, 4) is 11.5 Å². The van der Waals surface area contributed by atoms with E-state index in [0.29, 0.717) is 17.1 Å². The molecule has 0 radical (unpaired) electrons. The summed E-state index contributed by atoms with van der Waals surface area (Å²) in [7, 11) is 3.19. The Morgan fingerprint density at radius 3 is 2.71 bits per heavy atom. The van der Waals surface area contributed by atoms with Crippen LogP contribution in [0.5, 0.6) is 11.5 Å². The smallest absolute Gasteiger partial charge is 0.167 e. The molecule has 1 aliphatic rings. The Kier molecular flexibility index (Phi) is 5.35. The van der Waals surface area contributed by atoms with Crippen molar-refractivity contribution in [2.24, 2.45) is 5.92 Å². The maximum Gasteiger partial charge on any atom is 0.167 e. The van der Waals surface area contributed by atoms with E-state index in [9.17, 15) is 4.79 Å². The van der Waals surface area contributed by atoms with Crippen LogP contribution in [0.2, 0.25) is 0 Å². The Balaban J connectivity index is 1.46. The number of hydrogen-bond donors (Lipinski definition) is 1. The van der Waals surface area contributed by atoms with Crippen LogP contribution < -0.4 is 9.47 Å². The lowest BCUT2D eigenvalue weighted by Gasteiger charge is -2.31. The van der Waals surface area contributed by atoms with E-state index in [-0.39, 0.29) is 11.7 Å². The van der Waals surface area contributed by atoms with Gasteiger partial charge in [-0.05, 0) is 55.1 Å². The van der Waals surface area contributed by atoms with Crippen molar-refractivity contribution in [3.05, 3.63) is 59.8 Å². The van der Waals surface area contributed by atoms with Gasteiger partial charge in [0.25, 0.3) is 0 Å². The third-order valence-corrected chi connectivity index (χ3v) is 5.52. The van der Waals surface area contributed by atoms with Crippen LogP contribution in [0.15, 0.2) is 48.5 Å². The van der Waals surface area contributed by atoms with Gasteiger partial charge >= 0.3 is 0 Å². The summed E-state index contributed by atoms with van der Waals surface area (Å²) in [6, 6.07) is 15.9. The van der Waals surface area contributed by atoms with Gasteiger partial charge in [-0.1, -0.05) is 18.2 Å². The molecule has 1 saturated heterocycles. The Morgan fingerprint density at radius 2 is 1.93 bits per heavy atom. The number of carbonyl (C=O) groups excluding carboxylic acids is 1. The van der Waals surface area contributed by atoms with Gasteiger partial charge in [0, 0.05) is 35.8 Å². The minimum atomic E-state index is 0.0104. The normalized spacial score (nSPS) is 17.6. The number of nitrogens with one attached hydrogen (secondary N) is 1. The third kappa shape index (κ3) is 3.76. The van der Waals surface area contributed by atoms with Crippen LogP contribution in [-0.4, -0.2) is 43.0 Å². The van der Waals surface area contributed by atoms with Gasteiger partial charge in [0.15, 0.2) is 17.3 Å². The second kappa shape index (κ2) is 8.07. The first-order valence-electron chi connectivity index (χ1n) is 9.73. The Morgan fingerprint density at radius 1 is 1.11 bits per heavy atom. The molecule has 2 aromatic carbocycles. The number of likely N-dealkylation sites (tertiary alicyclic amines) is 1. The summed E-state index contributed by atoms with van der Waals surface area (Å²) in [6.07, 6.45) is 1.96. The number of ether oxygens (including phenoxy) is 2. The molecule has 0 spiro atoms. The number of rotatable bonds is 6. The van der Waals surface area contributed by atoms with E-state index in [4.69, 9.17) is 9.47 Å². The van der Waals surface area contributed by atoms with E-state index in [2.05, 4.69) is 34.1 Å². The zero-order valence-corrected chi connectivity index (χ0v) is 16.4. The standard InChI is InChI=1S/C23H26N2O3/c1-27-21-10-9-17(13-22(21)28-2)23(26)18-7-5-11-25(14-18)15-19-12-16-6-3-4-8-20(16)24-19/h3-4,6,8-10,12-13,18,24H,5,7,11,14-15H2,1-2H3. The average molecular weight is 378 g/mol. The molecule has 146 valence electrons. The van der Waals surface area contributed by atoms with Crippen molar-refractivity contribution in [2.45, 2.75) is 19.4 Å². The van der Waals surface area contributed by atoms with Crippen LogP contribution in [0.4, 0.5) is 0 Å². The van der Waals surface area contributed by atoms with E-state index >= 15 is 0 Å². The number of aromatic nitrogens is 1. The highest BCUT2D eigenvalue weighted by Gasteiger charge is 2.27. The third-order valence-electron chi connectivity index (χ3n) is 5.52. The lowest BCUT2D eigenvalue weighted by molar-refractivity contribution is 0.0810. The van der Waals surface area contributed by atoms with Crippen molar-refractivity contribution in [2.75, 3.05) is 27.3 Å². The first-order chi connectivity index (χ1) is 13.7. The van der Waals surface area contributed by atoms with Gasteiger partial charge in [-0.15, -0.1) is 0 Å². The van der Waals surface area contributed by atoms with Crippen molar-refractivity contribution in [1.29, 1.82) is 0 Å². The summed E-state index contributed by atoms with van der Waals surface area (Å²) in [5.74, 6) is 1.43. The number of benzene rings is 2. The first kappa shape index (κ1) is 18.6. The molecule has 3 aromatic rings. The number of hydrogen-bond acceptors (Lipinski definition) is 4. The number of nitrogens with zero attached hydrogens (tertiary/aromatic N) is 1. The number of fused-ring (bicyclic) bond motifs is 1. The molecule has 1 unspecified atom stereocenters. The molecule has 5 heteroatoms. The van der Waals surface area contributed by atoms with Gasteiger partial charge < -0.3 is 14.5 Å². The van der Waals surface area contributed by atoms with Gasteiger partial charge in [0.1, 0.15) is 0 Å². The van der Waals surface area contributed by atoms with E-state index in [1.165, 1.54) is 11.1 Å². The fraction of sp³-hybridized carbons (Fsp3) is 0.348. The van der Waals surface area contributed by atoms with Crippen molar-refractivity contribution >= 4 is 16.7 Å². The van der Waals surface area contributed by atoms with Crippen LogP contribution in [-0.2, 0) is 6.54 Å². The predicted octanol–water partition coefficient (Wildman–Crippen LogP) is 4.28. The predicted molar refractivity (Wildman–Crippen MR) is 110 cm³/mol. The number of H-pyrrole nitrogens is 1. The fourth-order valence-corrected chi connectivity index (χ4v) is 4.10. The Bertz CT molecular complexity index is 946. The van der Waals surface area contributed by atoms with E-state index in [0.717, 1.165) is 38.0 Å². The first-order valence-corrected chi connectivity index (χ1v) is 9.73. The monoisotopic (exact) mass is 378 g/mol. The molecule has 1 aliphatic heterocycles. The number of para-hydroxylation sites is 1. The van der Waals surface area contributed by atoms with E-state index in [1.54, 1.807) is 26.4 Å². The van der Waals surface area contributed by atoms with Gasteiger partial charge in [-0.3, -0.25) is 9.69 Å². The molecule has 28 heavy (non-hydrogen) atoms. The van der Waals surface area contributed by atoms with Crippen LogP contribution in [0.25, 0.3) is 10.9 Å². The minimum Gasteiger partial charge on any atom is -0.493 e. The quantitative estimate of drug-likeness (QED) is 0.651. The highest BCUT2D eigenvalue weighted by Crippen LogP contribution is 2.30. The molecule has 0 aliphatic carbocycles. The lowest BCUT2D eigenvalue weighted by atomic mass is 9.89. The largest absolute Gasteiger partial charge is 0.493 e. The van der Waals surface area contributed by atoms with Crippen molar-refractivity contribution in [3.63, 3.8) is 0 Å². The molecule has 0 saturated carbocycles. The number of Topliss-reactive ketones (excluding diaryl/α,β-unsaturated/α-hetero) is 1. The zero-order valence-electron chi connectivity index (χ0n) is 16.4. The number of carbonyl (C=O) groups is 1. The Labute approximate surface area is 165 Å². The molecule has 0 bridgehead atoms. The SMILES string of the molecule is COc1ccc(C(=O)C2CCCN(Cc3cc4ccccc4[nH]3)C2)cc1OC. The fourth-order valence-electron chi connectivity index (χ4n) is 4.10. The molecule has 1 N–H and O–H groups in total. The van der Waals surface area contributed by atoms with Crippen molar-refractivity contribution in [1.82, 2.24) is 9.88 Å². The van der Waals surface area contributed by atoms with Crippen LogP contribution in [0, 0.1) is 5.92 Å². The molecule has 0 amide bonds. The average Bonchev–Trinajstić information content (AvgIpc) is 3.15. The zero-order chi connectivity index (χ0) is 19.5. The van der Waals surface area contributed by atoms with Gasteiger partial charge in [0.05, 0.1) is 14.2 Å². The number of aromatic amines is 1. The molecular weight excluding hydrogens is 352 g/mol. The maximum atomic E-state index is 13.1. The summed E-state index contributed by atoms with van der Waals surface area (Å²) in [4.78, 5) is 18.9. The maximum absolute atomic E-state index is 13.1. The summed E-state index contributed by atoms with van der Waals surface area (Å²) in [6.45, 7) is 2.64. The van der Waals surface area contributed by atoms with Gasteiger partial charge in [-0.25, -0.2) is 0 Å². The Hall–Kier alpha value is -2.79. The molecule has 2 heterocycles. The van der Waals surface area contributed by atoms with Crippen LogP contribution in [0.1, 0.15) is 28.9 Å². The second-order valence-corrected chi connectivity index (χ2v) is 7.39. The number of methoxy groups -OCH3 is 2. The number of ketones is 1. The minimum absolute atomic E-state index is 0.0104. The topological polar surface area (TPSA) is 54.6 Å². The summed E-state index contributed by atoms with van der Waals surface area (Å²) < 4.78 is 10.6. The molecule has 1 aromatic heterocycles. The highest BCUT2D eigenvalue weighted by atomic mass is 16.5. The molecule has 5 nitrogen and oxygen atoms in total. The van der Waals surface area contributed by atoms with Crippen LogP contribution in [0.3, 0.4) is 0 Å². The molecular formula is C23H26N2O3. The summed E-state index contributed by atoms with van der Waals surface area (Å²) in [5, 5.41) is 1.23. The van der Waals surface area contributed by atoms with E-state index in [1.807, 2.05) is 12.1 Å². The highest BCUT2D eigenvalue weighted by molar-refractivity contribution is 5.98. The molecule has 1 fully saturated rings. The van der Waals surface area contributed by atoms with Crippen LogP contribution >= 0.6 is 0 Å². The van der Waals surface area contributed by atoms with Crippen molar-refractivity contribution < 1.29 is 14.3 Å².